The second-order valence-electron chi connectivity index (χ2n) is 7.92. The third kappa shape index (κ3) is 5.87. The first-order valence-electron chi connectivity index (χ1n) is 9.57. The van der Waals surface area contributed by atoms with Crippen LogP contribution in [0.5, 0.6) is 0 Å². The summed E-state index contributed by atoms with van der Waals surface area (Å²) in [6.07, 6.45) is 0. The zero-order chi connectivity index (χ0) is 25.3. The van der Waals surface area contributed by atoms with Gasteiger partial charge in [-0.2, -0.15) is 13.7 Å². The first-order chi connectivity index (χ1) is 15.7. The molecule has 1 heterocycles. The van der Waals surface area contributed by atoms with Gasteiger partial charge in [-0.05, 0) is 69.3 Å². The molecule has 0 bridgehead atoms. The van der Waals surface area contributed by atoms with Crippen LogP contribution >= 0.6 is 38.9 Å². The van der Waals surface area contributed by atoms with Gasteiger partial charge in [0.05, 0.1) is 20.2 Å². The SMILES string of the molecule is CC(C)(C)OC(=O)c1ccc(S(=O)(=O)N=S(=O)(c2cccc(Br)c2)c2cc(C#N)sc2Cl)cc1. The summed E-state index contributed by atoms with van der Waals surface area (Å²) in [7, 11) is -8.28. The van der Waals surface area contributed by atoms with Gasteiger partial charge in [0, 0.05) is 4.47 Å². The fourth-order valence-corrected chi connectivity index (χ4v) is 8.90. The van der Waals surface area contributed by atoms with Gasteiger partial charge < -0.3 is 4.74 Å². The molecule has 0 aliphatic heterocycles. The highest BCUT2D eigenvalue weighted by Gasteiger charge is 2.27. The maximum atomic E-state index is 14.2. The molecule has 3 rings (SSSR count). The highest BCUT2D eigenvalue weighted by molar-refractivity contribution is 9.10. The molecule has 34 heavy (non-hydrogen) atoms. The molecule has 1 unspecified atom stereocenters. The number of hydrogen-bond donors (Lipinski definition) is 0. The van der Waals surface area contributed by atoms with Gasteiger partial charge in [-0.15, -0.1) is 11.3 Å². The molecule has 1 atom stereocenters. The fourth-order valence-electron chi connectivity index (χ4n) is 2.73. The van der Waals surface area contributed by atoms with Crippen molar-refractivity contribution in [2.24, 2.45) is 3.77 Å². The third-order valence-corrected chi connectivity index (χ3v) is 10.5. The standard InChI is InChI=1S/C22H18BrClN2O5S3/c1-22(2,3)31-21(27)14-7-9-17(10-8-14)34(29,30)26-33(28,18-6-4-5-15(23)11-18)19-12-16(13-25)32-20(19)24/h4-12H,1-3H3. The fraction of sp³-hybridized carbons (Fsp3) is 0.182. The van der Waals surface area contributed by atoms with Gasteiger partial charge in [0.25, 0.3) is 10.0 Å². The summed E-state index contributed by atoms with van der Waals surface area (Å²) in [6.45, 7) is 5.15. The largest absolute Gasteiger partial charge is 0.456 e. The number of rotatable bonds is 5. The number of ether oxygens (including phenoxy) is 1. The second kappa shape index (κ2) is 9.79. The zero-order valence-electron chi connectivity index (χ0n) is 18.1. The van der Waals surface area contributed by atoms with Crippen molar-refractivity contribution < 1.29 is 22.2 Å². The molecule has 0 N–H and O–H groups in total. The van der Waals surface area contributed by atoms with Crippen LogP contribution in [0.3, 0.4) is 0 Å². The van der Waals surface area contributed by atoms with Gasteiger partial charge in [0.15, 0.2) is 0 Å². The van der Waals surface area contributed by atoms with Gasteiger partial charge in [-0.1, -0.05) is 37.4 Å². The predicted octanol–water partition coefficient (Wildman–Crippen LogP) is 6.27. The second-order valence-corrected chi connectivity index (χ2v) is 14.5. The Morgan fingerprint density at radius 3 is 2.26 bits per heavy atom. The summed E-state index contributed by atoms with van der Waals surface area (Å²) in [6, 6.07) is 14.4. The molecule has 0 aliphatic carbocycles. The van der Waals surface area contributed by atoms with Crippen molar-refractivity contribution in [1.82, 2.24) is 0 Å². The van der Waals surface area contributed by atoms with E-state index < -0.39 is 31.3 Å². The van der Waals surface area contributed by atoms with Crippen molar-refractivity contribution in [1.29, 1.82) is 5.26 Å². The molecule has 12 heteroatoms. The number of esters is 1. The number of thiophene rings is 1. The lowest BCUT2D eigenvalue weighted by atomic mass is 10.2. The van der Waals surface area contributed by atoms with Crippen LogP contribution in [0.1, 0.15) is 36.0 Å². The van der Waals surface area contributed by atoms with Gasteiger partial charge >= 0.3 is 5.97 Å². The Balaban J connectivity index is 2.16. The molecule has 0 aliphatic rings. The molecule has 0 amide bonds. The minimum Gasteiger partial charge on any atom is -0.456 e. The smallest absolute Gasteiger partial charge is 0.338 e. The number of nitriles is 1. The molecule has 0 fully saturated rings. The highest BCUT2D eigenvalue weighted by Crippen LogP contribution is 2.37. The van der Waals surface area contributed by atoms with Crippen molar-refractivity contribution in [2.75, 3.05) is 0 Å². The van der Waals surface area contributed by atoms with Crippen molar-refractivity contribution >= 4 is 64.6 Å². The number of carbonyl (C=O) groups is 1. The Bertz CT molecular complexity index is 1530. The Morgan fingerprint density at radius 1 is 1.09 bits per heavy atom. The third-order valence-electron chi connectivity index (χ3n) is 4.17. The van der Waals surface area contributed by atoms with Crippen LogP contribution < -0.4 is 0 Å². The van der Waals surface area contributed by atoms with E-state index >= 15 is 0 Å². The highest BCUT2D eigenvalue weighted by atomic mass is 79.9. The molecule has 0 radical (unpaired) electrons. The van der Waals surface area contributed by atoms with Crippen LogP contribution in [0.2, 0.25) is 4.34 Å². The topological polar surface area (TPSA) is 114 Å². The molecule has 2 aromatic carbocycles. The normalized spacial score (nSPS) is 13.5. The van der Waals surface area contributed by atoms with Crippen LogP contribution in [-0.2, 0) is 24.5 Å². The van der Waals surface area contributed by atoms with E-state index in [1.807, 2.05) is 6.07 Å². The van der Waals surface area contributed by atoms with Crippen molar-refractivity contribution in [3.8, 4) is 6.07 Å². The summed E-state index contributed by atoms with van der Waals surface area (Å²) < 4.78 is 50.2. The van der Waals surface area contributed by atoms with Gasteiger partial charge in [-0.3, -0.25) is 0 Å². The molecular formula is C22H18BrClN2O5S3. The van der Waals surface area contributed by atoms with Crippen molar-refractivity contribution in [2.45, 2.75) is 41.1 Å². The number of nitrogens with zero attached hydrogens (tertiary/aromatic N) is 2. The van der Waals surface area contributed by atoms with Crippen molar-refractivity contribution in [3.63, 3.8) is 0 Å². The van der Waals surface area contributed by atoms with Crippen LogP contribution in [0.25, 0.3) is 0 Å². The average molecular weight is 602 g/mol. The predicted molar refractivity (Wildman–Crippen MR) is 134 cm³/mol. The van der Waals surface area contributed by atoms with Crippen LogP contribution in [0.4, 0.5) is 0 Å². The Morgan fingerprint density at radius 2 is 1.74 bits per heavy atom. The minimum absolute atomic E-state index is 0.000694. The molecule has 3 aromatic rings. The van der Waals surface area contributed by atoms with E-state index in [9.17, 15) is 22.7 Å². The molecule has 7 nitrogen and oxygen atoms in total. The molecule has 0 saturated carbocycles. The first-order valence-corrected chi connectivity index (χ1v) is 14.5. The summed E-state index contributed by atoms with van der Waals surface area (Å²) >= 11 is 10.4. The van der Waals surface area contributed by atoms with E-state index in [0.717, 1.165) is 11.3 Å². The number of sulfonamides is 1. The lowest BCUT2D eigenvalue weighted by Crippen LogP contribution is -2.23. The Hall–Kier alpha value is -2.23. The van der Waals surface area contributed by atoms with E-state index in [1.54, 1.807) is 32.9 Å². The molecule has 0 spiro atoms. The first kappa shape index (κ1) is 26.4. The molecule has 1 aromatic heterocycles. The lowest BCUT2D eigenvalue weighted by molar-refractivity contribution is 0.00694. The van der Waals surface area contributed by atoms with Gasteiger partial charge in [0.2, 0.25) is 0 Å². The number of halogens is 2. The maximum Gasteiger partial charge on any atom is 0.338 e. The molecule has 178 valence electrons. The van der Waals surface area contributed by atoms with Crippen LogP contribution in [-0.4, -0.2) is 24.2 Å². The number of hydrogen-bond acceptors (Lipinski definition) is 7. The molecule has 0 saturated heterocycles. The minimum atomic E-state index is -4.47. The maximum absolute atomic E-state index is 14.2. The monoisotopic (exact) mass is 600 g/mol. The Kier molecular flexibility index (Phi) is 7.60. The average Bonchev–Trinajstić information content (AvgIpc) is 3.14. The quantitative estimate of drug-likeness (QED) is 0.319. The summed E-state index contributed by atoms with van der Waals surface area (Å²) in [5.41, 5.74) is -0.560. The van der Waals surface area contributed by atoms with E-state index in [4.69, 9.17) is 16.3 Å². The van der Waals surface area contributed by atoms with Crippen LogP contribution in [0.15, 0.2) is 77.5 Å². The van der Waals surface area contributed by atoms with E-state index in [0.29, 0.717) is 4.47 Å². The van der Waals surface area contributed by atoms with E-state index in [2.05, 4.69) is 19.7 Å². The van der Waals surface area contributed by atoms with Crippen molar-refractivity contribution in [3.05, 3.63) is 73.8 Å². The summed E-state index contributed by atoms with van der Waals surface area (Å²) in [5, 5.41) is 9.22. The Labute approximate surface area is 215 Å². The van der Waals surface area contributed by atoms with E-state index in [-0.39, 0.29) is 29.5 Å². The number of benzene rings is 2. The molecular weight excluding hydrogens is 584 g/mol. The van der Waals surface area contributed by atoms with E-state index in [1.165, 1.54) is 42.5 Å². The lowest BCUT2D eigenvalue weighted by Gasteiger charge is -2.19. The summed E-state index contributed by atoms with van der Waals surface area (Å²) in [5.74, 6) is -0.611. The van der Waals surface area contributed by atoms with Gasteiger partial charge in [-0.25, -0.2) is 9.00 Å². The number of carbonyl (C=O) groups excluding carboxylic acids is 1. The van der Waals surface area contributed by atoms with Crippen LogP contribution in [0, 0.1) is 11.3 Å². The summed E-state index contributed by atoms with van der Waals surface area (Å²) in [4.78, 5) is 12.2. The zero-order valence-corrected chi connectivity index (χ0v) is 22.9. The van der Waals surface area contributed by atoms with Gasteiger partial charge in [0.1, 0.15) is 30.6 Å².